The third kappa shape index (κ3) is 5.01. The molecule has 1 atom stereocenters. The van der Waals surface area contributed by atoms with Crippen LogP contribution in [0.1, 0.15) is 17.6 Å². The van der Waals surface area contributed by atoms with Crippen molar-refractivity contribution >= 4 is 5.96 Å². The molecule has 0 amide bonds. The zero-order valence-corrected chi connectivity index (χ0v) is 13.4. The number of rotatable bonds is 7. The largest absolute Gasteiger partial charge is 0.465 e. The van der Waals surface area contributed by atoms with Gasteiger partial charge in [-0.3, -0.25) is 9.89 Å². The summed E-state index contributed by atoms with van der Waals surface area (Å²) in [6.07, 6.45) is 0. The van der Waals surface area contributed by atoms with Crippen LogP contribution < -0.4 is 11.1 Å². The molecule has 3 N–H and O–H groups in total. The summed E-state index contributed by atoms with van der Waals surface area (Å²) in [6.45, 7) is 6.97. The number of nitrogens with zero attached hydrogens (tertiary/aromatic N) is 2. The molecule has 1 aliphatic heterocycles. The van der Waals surface area contributed by atoms with Crippen LogP contribution in [0.2, 0.25) is 0 Å². The van der Waals surface area contributed by atoms with E-state index in [9.17, 15) is 0 Å². The molecule has 2 heterocycles. The number of furan rings is 1. The van der Waals surface area contributed by atoms with Gasteiger partial charge in [-0.2, -0.15) is 0 Å². The Balaban J connectivity index is 1.99. The van der Waals surface area contributed by atoms with Crippen LogP contribution in [-0.4, -0.2) is 64.0 Å². The summed E-state index contributed by atoms with van der Waals surface area (Å²) in [5.41, 5.74) is 5.89. The van der Waals surface area contributed by atoms with Gasteiger partial charge < -0.3 is 24.9 Å². The summed E-state index contributed by atoms with van der Waals surface area (Å²) in [4.78, 5) is 6.77. The molecule has 0 spiro atoms. The summed E-state index contributed by atoms with van der Waals surface area (Å²) in [5, 5.41) is 3.03. The number of aliphatic imine (C=N–C) groups is 1. The van der Waals surface area contributed by atoms with Crippen LogP contribution in [0.3, 0.4) is 0 Å². The van der Waals surface area contributed by atoms with Gasteiger partial charge in [-0.25, -0.2) is 0 Å². The predicted molar refractivity (Wildman–Crippen MR) is 84.9 cm³/mol. The smallest absolute Gasteiger partial charge is 0.188 e. The standard InChI is InChI=1S/C15H26N4O3/c1-12-3-4-14(22-12)13(19-6-9-21-10-7-19)11-18-15(16)17-5-8-20-2/h3-4,13H,5-11H2,1-2H3,(H3,16,17,18). The second kappa shape index (κ2) is 8.77. The van der Waals surface area contributed by atoms with Gasteiger partial charge in [0, 0.05) is 26.7 Å². The molecule has 0 aromatic carbocycles. The number of methoxy groups -OCH3 is 1. The number of hydrogen-bond acceptors (Lipinski definition) is 5. The molecule has 1 fully saturated rings. The SMILES string of the molecule is COCCNC(N)=NCC(c1ccc(C)o1)N1CCOCC1. The third-order valence-corrected chi connectivity index (χ3v) is 3.62. The Labute approximate surface area is 131 Å². The van der Waals surface area contributed by atoms with Gasteiger partial charge in [0.25, 0.3) is 0 Å². The molecule has 22 heavy (non-hydrogen) atoms. The number of hydrogen-bond donors (Lipinski definition) is 2. The molecule has 0 aliphatic carbocycles. The van der Waals surface area contributed by atoms with Gasteiger partial charge >= 0.3 is 0 Å². The van der Waals surface area contributed by atoms with Gasteiger partial charge in [0.05, 0.1) is 32.4 Å². The molecule has 0 bridgehead atoms. The Hall–Kier alpha value is -1.57. The number of nitrogens with one attached hydrogen (secondary N) is 1. The second-order valence-electron chi connectivity index (χ2n) is 5.26. The minimum absolute atomic E-state index is 0.0837. The number of guanidine groups is 1. The lowest BCUT2D eigenvalue weighted by Gasteiger charge is -2.32. The van der Waals surface area contributed by atoms with Crippen molar-refractivity contribution in [3.63, 3.8) is 0 Å². The fourth-order valence-corrected chi connectivity index (χ4v) is 2.43. The molecule has 1 saturated heterocycles. The lowest BCUT2D eigenvalue weighted by atomic mass is 10.2. The van der Waals surface area contributed by atoms with Crippen LogP contribution in [0.5, 0.6) is 0 Å². The third-order valence-electron chi connectivity index (χ3n) is 3.62. The van der Waals surface area contributed by atoms with Crippen molar-refractivity contribution in [2.75, 3.05) is 53.1 Å². The molecule has 2 rings (SSSR count). The average Bonchev–Trinajstić information content (AvgIpc) is 2.95. The van der Waals surface area contributed by atoms with Crippen molar-refractivity contribution in [3.8, 4) is 0 Å². The monoisotopic (exact) mass is 310 g/mol. The van der Waals surface area contributed by atoms with E-state index < -0.39 is 0 Å². The van der Waals surface area contributed by atoms with E-state index in [4.69, 9.17) is 19.6 Å². The minimum Gasteiger partial charge on any atom is -0.465 e. The second-order valence-corrected chi connectivity index (χ2v) is 5.26. The normalized spacial score (nSPS) is 18.4. The Morgan fingerprint density at radius 3 is 2.86 bits per heavy atom. The zero-order valence-electron chi connectivity index (χ0n) is 13.4. The predicted octanol–water partition coefficient (Wildman–Crippen LogP) is 0.512. The molecule has 1 aromatic rings. The van der Waals surface area contributed by atoms with E-state index in [0.29, 0.717) is 25.7 Å². The van der Waals surface area contributed by atoms with E-state index in [0.717, 1.165) is 37.8 Å². The highest BCUT2D eigenvalue weighted by molar-refractivity contribution is 5.77. The quantitative estimate of drug-likeness (QED) is 0.434. The van der Waals surface area contributed by atoms with E-state index in [1.54, 1.807) is 7.11 Å². The zero-order chi connectivity index (χ0) is 15.8. The first-order chi connectivity index (χ1) is 10.7. The highest BCUT2D eigenvalue weighted by atomic mass is 16.5. The Kier molecular flexibility index (Phi) is 6.70. The Morgan fingerprint density at radius 2 is 2.23 bits per heavy atom. The van der Waals surface area contributed by atoms with Crippen LogP contribution in [0.25, 0.3) is 0 Å². The van der Waals surface area contributed by atoms with Crippen molar-refractivity contribution < 1.29 is 13.9 Å². The van der Waals surface area contributed by atoms with Crippen LogP contribution in [0.4, 0.5) is 0 Å². The highest BCUT2D eigenvalue weighted by Crippen LogP contribution is 2.24. The van der Waals surface area contributed by atoms with Gasteiger partial charge in [0.2, 0.25) is 0 Å². The molecule has 124 valence electrons. The number of nitrogens with two attached hydrogens (primary N) is 1. The summed E-state index contributed by atoms with van der Waals surface area (Å²) in [5.74, 6) is 2.26. The van der Waals surface area contributed by atoms with Gasteiger partial charge in [-0.15, -0.1) is 0 Å². The summed E-state index contributed by atoms with van der Waals surface area (Å²) in [6, 6.07) is 4.08. The molecule has 1 aromatic heterocycles. The van der Waals surface area contributed by atoms with Gasteiger partial charge in [-0.1, -0.05) is 0 Å². The fraction of sp³-hybridized carbons (Fsp3) is 0.667. The van der Waals surface area contributed by atoms with Gasteiger partial charge in [-0.05, 0) is 19.1 Å². The topological polar surface area (TPSA) is 85.2 Å². The maximum absolute atomic E-state index is 5.89. The highest BCUT2D eigenvalue weighted by Gasteiger charge is 2.25. The van der Waals surface area contributed by atoms with Crippen LogP contribution in [0.15, 0.2) is 21.5 Å². The van der Waals surface area contributed by atoms with Crippen LogP contribution in [-0.2, 0) is 9.47 Å². The number of ether oxygens (including phenoxy) is 2. The van der Waals surface area contributed by atoms with Crippen molar-refractivity contribution in [1.29, 1.82) is 0 Å². The van der Waals surface area contributed by atoms with E-state index in [1.165, 1.54) is 0 Å². The minimum atomic E-state index is 0.0837. The first-order valence-electron chi connectivity index (χ1n) is 7.61. The van der Waals surface area contributed by atoms with Crippen LogP contribution >= 0.6 is 0 Å². The van der Waals surface area contributed by atoms with E-state index in [-0.39, 0.29) is 6.04 Å². The molecular weight excluding hydrogens is 284 g/mol. The molecule has 1 aliphatic rings. The number of aryl methyl sites for hydroxylation is 1. The maximum Gasteiger partial charge on any atom is 0.188 e. The van der Waals surface area contributed by atoms with Gasteiger partial charge in [0.1, 0.15) is 11.5 Å². The maximum atomic E-state index is 5.89. The van der Waals surface area contributed by atoms with Crippen molar-refractivity contribution in [2.45, 2.75) is 13.0 Å². The van der Waals surface area contributed by atoms with E-state index >= 15 is 0 Å². The summed E-state index contributed by atoms with van der Waals surface area (Å²) >= 11 is 0. The van der Waals surface area contributed by atoms with Gasteiger partial charge in [0.15, 0.2) is 5.96 Å². The van der Waals surface area contributed by atoms with E-state index in [1.807, 2.05) is 19.1 Å². The number of morpholine rings is 1. The fourth-order valence-electron chi connectivity index (χ4n) is 2.43. The lowest BCUT2D eigenvalue weighted by Crippen LogP contribution is -2.41. The molecular formula is C15H26N4O3. The van der Waals surface area contributed by atoms with Crippen LogP contribution in [0, 0.1) is 6.92 Å². The average molecular weight is 310 g/mol. The lowest BCUT2D eigenvalue weighted by molar-refractivity contribution is 0.0135. The van der Waals surface area contributed by atoms with E-state index in [2.05, 4.69) is 15.2 Å². The first kappa shape index (κ1) is 16.8. The van der Waals surface area contributed by atoms with Crippen molar-refractivity contribution in [3.05, 3.63) is 23.7 Å². The molecule has 0 saturated carbocycles. The Bertz CT molecular complexity index is 469. The molecule has 7 nitrogen and oxygen atoms in total. The van der Waals surface area contributed by atoms with Crippen molar-refractivity contribution in [1.82, 2.24) is 10.2 Å². The summed E-state index contributed by atoms with van der Waals surface area (Å²) in [7, 11) is 1.66. The molecule has 1 unspecified atom stereocenters. The summed E-state index contributed by atoms with van der Waals surface area (Å²) < 4.78 is 16.2. The molecule has 7 heteroatoms. The molecule has 0 radical (unpaired) electrons. The Morgan fingerprint density at radius 1 is 1.45 bits per heavy atom. The van der Waals surface area contributed by atoms with Crippen molar-refractivity contribution in [2.24, 2.45) is 10.7 Å². The first-order valence-corrected chi connectivity index (χ1v) is 7.61.